The van der Waals surface area contributed by atoms with Gasteiger partial charge in [0.05, 0.1) is 5.56 Å². The Balaban J connectivity index is 2.49. The first kappa shape index (κ1) is 12.4. The molecule has 1 aromatic heterocycles. The third kappa shape index (κ3) is 2.16. The second kappa shape index (κ2) is 4.68. The smallest absolute Gasteiger partial charge is 0.197 e. The van der Waals surface area contributed by atoms with Gasteiger partial charge in [0, 0.05) is 18.6 Å². The maximum absolute atomic E-state index is 13.5. The zero-order chi connectivity index (χ0) is 13.3. The summed E-state index contributed by atoms with van der Waals surface area (Å²) in [6.45, 7) is 1.64. The number of ketones is 1. The van der Waals surface area contributed by atoms with Crippen LogP contribution in [0.2, 0.25) is 0 Å². The molecule has 0 unspecified atom stereocenters. The van der Waals surface area contributed by atoms with Crippen LogP contribution in [0, 0.1) is 17.5 Å². The van der Waals surface area contributed by atoms with E-state index in [2.05, 4.69) is 0 Å². The van der Waals surface area contributed by atoms with Crippen molar-refractivity contribution >= 4 is 5.78 Å². The van der Waals surface area contributed by atoms with Gasteiger partial charge in [-0.1, -0.05) is 6.92 Å². The molecule has 0 saturated heterocycles. The Bertz CT molecular complexity index is 579. The van der Waals surface area contributed by atoms with Crippen molar-refractivity contribution in [1.82, 2.24) is 0 Å². The van der Waals surface area contributed by atoms with Crippen molar-refractivity contribution in [1.29, 1.82) is 0 Å². The van der Waals surface area contributed by atoms with E-state index in [0.29, 0.717) is 12.1 Å². The fourth-order valence-corrected chi connectivity index (χ4v) is 1.57. The number of furan rings is 1. The van der Waals surface area contributed by atoms with Crippen molar-refractivity contribution in [3.8, 4) is 11.3 Å². The fourth-order valence-electron chi connectivity index (χ4n) is 1.57. The number of carbonyl (C=O) groups excluding carboxylic acids is 1. The van der Waals surface area contributed by atoms with Gasteiger partial charge in [-0.2, -0.15) is 0 Å². The van der Waals surface area contributed by atoms with Gasteiger partial charge < -0.3 is 4.42 Å². The van der Waals surface area contributed by atoms with Crippen molar-refractivity contribution in [3.05, 3.63) is 47.5 Å². The van der Waals surface area contributed by atoms with Gasteiger partial charge in [-0.15, -0.1) is 0 Å². The Labute approximate surface area is 101 Å². The summed E-state index contributed by atoms with van der Waals surface area (Å²) in [4.78, 5) is 11.3. The standard InChI is InChI=1S/C13H9F3O2/c1-2-10(17)11-3-4-12(18-11)13-8(15)5-7(14)6-9(13)16/h3-6H,2H2,1H3. The summed E-state index contributed by atoms with van der Waals surface area (Å²) in [6.07, 6.45) is 0.224. The van der Waals surface area contributed by atoms with E-state index in [-0.39, 0.29) is 23.7 Å². The van der Waals surface area contributed by atoms with Crippen LogP contribution < -0.4 is 0 Å². The molecule has 0 saturated carbocycles. The SMILES string of the molecule is CCC(=O)c1ccc(-c2c(F)cc(F)cc2F)o1. The predicted molar refractivity (Wildman–Crippen MR) is 58.6 cm³/mol. The minimum atomic E-state index is -1.07. The van der Waals surface area contributed by atoms with E-state index in [0.717, 1.165) is 0 Å². The average Bonchev–Trinajstić information content (AvgIpc) is 2.76. The summed E-state index contributed by atoms with van der Waals surface area (Å²) in [5.74, 6) is -3.54. The largest absolute Gasteiger partial charge is 0.453 e. The maximum atomic E-state index is 13.5. The molecule has 2 rings (SSSR count). The highest BCUT2D eigenvalue weighted by Crippen LogP contribution is 2.28. The van der Waals surface area contributed by atoms with Crippen molar-refractivity contribution in [2.24, 2.45) is 0 Å². The van der Waals surface area contributed by atoms with Crippen molar-refractivity contribution in [2.75, 3.05) is 0 Å². The molecule has 2 aromatic rings. The Morgan fingerprint density at radius 3 is 2.33 bits per heavy atom. The number of benzene rings is 1. The Morgan fingerprint density at radius 2 is 1.78 bits per heavy atom. The van der Waals surface area contributed by atoms with Gasteiger partial charge in [-0.25, -0.2) is 13.2 Å². The molecule has 0 bridgehead atoms. The number of halogens is 3. The zero-order valence-electron chi connectivity index (χ0n) is 9.47. The number of rotatable bonds is 3. The Morgan fingerprint density at radius 1 is 1.17 bits per heavy atom. The molecule has 0 aliphatic rings. The molecule has 0 N–H and O–H groups in total. The van der Waals surface area contributed by atoms with E-state index in [1.807, 2.05) is 0 Å². The van der Waals surface area contributed by atoms with Crippen LogP contribution in [0.1, 0.15) is 23.9 Å². The van der Waals surface area contributed by atoms with Crippen LogP contribution in [0.25, 0.3) is 11.3 Å². The van der Waals surface area contributed by atoms with Gasteiger partial charge >= 0.3 is 0 Å². The van der Waals surface area contributed by atoms with Crippen LogP contribution in [0.15, 0.2) is 28.7 Å². The third-order valence-electron chi connectivity index (χ3n) is 2.46. The molecule has 94 valence electrons. The van der Waals surface area contributed by atoms with E-state index in [9.17, 15) is 18.0 Å². The fraction of sp³-hybridized carbons (Fsp3) is 0.154. The highest BCUT2D eigenvalue weighted by molar-refractivity contribution is 5.93. The van der Waals surface area contributed by atoms with E-state index in [1.165, 1.54) is 12.1 Å². The highest BCUT2D eigenvalue weighted by atomic mass is 19.1. The molecule has 0 atom stereocenters. The number of hydrogen-bond donors (Lipinski definition) is 0. The van der Waals surface area contributed by atoms with Crippen LogP contribution in [0.5, 0.6) is 0 Å². The highest BCUT2D eigenvalue weighted by Gasteiger charge is 2.18. The van der Waals surface area contributed by atoms with Crippen LogP contribution in [-0.4, -0.2) is 5.78 Å². The molecule has 0 aliphatic carbocycles. The minimum absolute atomic E-state index is 0.0237. The molecule has 1 heterocycles. The van der Waals surface area contributed by atoms with Crippen molar-refractivity contribution in [3.63, 3.8) is 0 Å². The number of Topliss-reactive ketones (excluding diaryl/α,β-unsaturated/α-hetero) is 1. The molecular weight excluding hydrogens is 245 g/mol. The summed E-state index contributed by atoms with van der Waals surface area (Å²) >= 11 is 0. The molecule has 0 radical (unpaired) electrons. The summed E-state index contributed by atoms with van der Waals surface area (Å²) in [5.41, 5.74) is -0.480. The quantitative estimate of drug-likeness (QED) is 0.776. The van der Waals surface area contributed by atoms with E-state index < -0.39 is 23.0 Å². The first-order valence-corrected chi connectivity index (χ1v) is 5.31. The molecular formula is C13H9F3O2. The minimum Gasteiger partial charge on any atom is -0.453 e. The monoisotopic (exact) mass is 254 g/mol. The molecule has 1 aromatic carbocycles. The molecule has 0 aliphatic heterocycles. The van der Waals surface area contributed by atoms with Crippen LogP contribution in [0.3, 0.4) is 0 Å². The Kier molecular flexibility index (Phi) is 3.23. The number of carbonyl (C=O) groups is 1. The normalized spacial score (nSPS) is 10.7. The second-order valence-corrected chi connectivity index (χ2v) is 3.69. The van der Waals surface area contributed by atoms with Gasteiger partial charge in [0.2, 0.25) is 0 Å². The lowest BCUT2D eigenvalue weighted by molar-refractivity contribution is 0.0962. The van der Waals surface area contributed by atoms with E-state index >= 15 is 0 Å². The lowest BCUT2D eigenvalue weighted by atomic mass is 10.1. The Hall–Kier alpha value is -2.04. The van der Waals surface area contributed by atoms with E-state index in [4.69, 9.17) is 4.42 Å². The van der Waals surface area contributed by atoms with Gasteiger partial charge in [0.25, 0.3) is 0 Å². The second-order valence-electron chi connectivity index (χ2n) is 3.69. The van der Waals surface area contributed by atoms with Gasteiger partial charge in [-0.05, 0) is 12.1 Å². The summed E-state index contributed by atoms with van der Waals surface area (Å²) in [5, 5.41) is 0. The number of hydrogen-bond acceptors (Lipinski definition) is 2. The van der Waals surface area contributed by atoms with Gasteiger partial charge in [0.1, 0.15) is 23.2 Å². The molecule has 18 heavy (non-hydrogen) atoms. The summed E-state index contributed by atoms with van der Waals surface area (Å²) in [7, 11) is 0. The molecule has 0 amide bonds. The van der Waals surface area contributed by atoms with E-state index in [1.54, 1.807) is 6.92 Å². The predicted octanol–water partition coefficient (Wildman–Crippen LogP) is 3.96. The molecule has 0 spiro atoms. The molecule has 5 heteroatoms. The lowest BCUT2D eigenvalue weighted by Crippen LogP contribution is -1.93. The maximum Gasteiger partial charge on any atom is 0.197 e. The van der Waals surface area contributed by atoms with Crippen molar-refractivity contribution in [2.45, 2.75) is 13.3 Å². The topological polar surface area (TPSA) is 30.2 Å². The molecule has 0 fully saturated rings. The lowest BCUT2D eigenvalue weighted by Gasteiger charge is -2.01. The summed E-state index contributed by atoms with van der Waals surface area (Å²) in [6, 6.07) is 3.73. The zero-order valence-corrected chi connectivity index (χ0v) is 9.47. The van der Waals surface area contributed by atoms with Gasteiger partial charge in [0.15, 0.2) is 11.5 Å². The first-order valence-electron chi connectivity index (χ1n) is 5.31. The van der Waals surface area contributed by atoms with Crippen molar-refractivity contribution < 1.29 is 22.4 Å². The van der Waals surface area contributed by atoms with Crippen LogP contribution in [-0.2, 0) is 0 Å². The first-order chi connectivity index (χ1) is 8.52. The molecule has 2 nitrogen and oxygen atoms in total. The third-order valence-corrected chi connectivity index (χ3v) is 2.46. The summed E-state index contributed by atoms with van der Waals surface area (Å²) < 4.78 is 44.7. The van der Waals surface area contributed by atoms with Gasteiger partial charge in [-0.3, -0.25) is 4.79 Å². The average molecular weight is 254 g/mol. The van der Waals surface area contributed by atoms with Crippen LogP contribution >= 0.6 is 0 Å². The van der Waals surface area contributed by atoms with Crippen LogP contribution in [0.4, 0.5) is 13.2 Å².